The number of aromatic nitrogens is 2. The fourth-order valence-electron chi connectivity index (χ4n) is 1.76. The van der Waals surface area contributed by atoms with E-state index in [0.717, 1.165) is 5.69 Å². The van der Waals surface area contributed by atoms with Gasteiger partial charge in [-0.2, -0.15) is 0 Å². The highest BCUT2D eigenvalue weighted by Gasteiger charge is 2.11. The number of pyridine rings is 1. The highest BCUT2D eigenvalue weighted by Crippen LogP contribution is 2.21. The Morgan fingerprint density at radius 2 is 2.05 bits per heavy atom. The van der Waals surface area contributed by atoms with Crippen LogP contribution in [0, 0.1) is 5.82 Å². The van der Waals surface area contributed by atoms with Gasteiger partial charge in [0.05, 0.1) is 11.9 Å². The van der Waals surface area contributed by atoms with Gasteiger partial charge in [0.25, 0.3) is 5.91 Å². The predicted octanol–water partition coefficient (Wildman–Crippen LogP) is 3.67. The maximum Gasteiger partial charge on any atom is 0.275 e. The van der Waals surface area contributed by atoms with E-state index >= 15 is 0 Å². The summed E-state index contributed by atoms with van der Waals surface area (Å²) in [6, 6.07) is 9.35. The number of carbonyl (C=O) groups is 1. The second-order valence-corrected chi connectivity index (χ2v) is 5.23. The number of hydrogen-bond donors (Lipinski definition) is 2. The van der Waals surface area contributed by atoms with Crippen LogP contribution >= 0.6 is 11.3 Å². The molecule has 0 fully saturated rings. The van der Waals surface area contributed by atoms with Crippen molar-refractivity contribution in [3.63, 3.8) is 0 Å². The lowest BCUT2D eigenvalue weighted by Gasteiger charge is -2.03. The van der Waals surface area contributed by atoms with Gasteiger partial charge in [0.15, 0.2) is 5.13 Å². The van der Waals surface area contributed by atoms with E-state index in [4.69, 9.17) is 0 Å². The summed E-state index contributed by atoms with van der Waals surface area (Å²) in [6.45, 7) is 0. The standard InChI is InChI=1S/C15H11FN4OS/c16-10-3-1-4-11(7-10)18-14(21)13-9-22-15(20-13)19-12-5-2-6-17-8-12/h1-9H,(H,18,21)(H,19,20). The number of hydrogen-bond acceptors (Lipinski definition) is 5. The predicted molar refractivity (Wildman–Crippen MR) is 84.0 cm³/mol. The Labute approximate surface area is 129 Å². The Hall–Kier alpha value is -2.80. The summed E-state index contributed by atoms with van der Waals surface area (Å²) in [5, 5.41) is 7.87. The second kappa shape index (κ2) is 6.31. The monoisotopic (exact) mass is 314 g/mol. The van der Waals surface area contributed by atoms with Crippen molar-refractivity contribution >= 4 is 33.8 Å². The van der Waals surface area contributed by atoms with Crippen molar-refractivity contribution < 1.29 is 9.18 Å². The number of anilines is 3. The van der Waals surface area contributed by atoms with Crippen LogP contribution in [0.4, 0.5) is 20.9 Å². The number of nitrogens with zero attached hydrogens (tertiary/aromatic N) is 2. The van der Waals surface area contributed by atoms with Gasteiger partial charge >= 0.3 is 0 Å². The molecule has 22 heavy (non-hydrogen) atoms. The summed E-state index contributed by atoms with van der Waals surface area (Å²) < 4.78 is 13.1. The number of thiazole rings is 1. The quantitative estimate of drug-likeness (QED) is 0.771. The van der Waals surface area contributed by atoms with Crippen LogP contribution in [-0.4, -0.2) is 15.9 Å². The molecule has 1 aromatic carbocycles. The molecule has 0 bridgehead atoms. The molecule has 0 unspecified atom stereocenters. The third-order valence-electron chi connectivity index (χ3n) is 2.73. The molecule has 0 saturated carbocycles. The molecule has 0 aliphatic carbocycles. The van der Waals surface area contributed by atoms with E-state index in [1.807, 2.05) is 6.07 Å². The highest BCUT2D eigenvalue weighted by atomic mass is 32.1. The van der Waals surface area contributed by atoms with Crippen molar-refractivity contribution in [2.24, 2.45) is 0 Å². The van der Waals surface area contributed by atoms with Crippen LogP contribution in [0.1, 0.15) is 10.5 Å². The summed E-state index contributed by atoms with van der Waals surface area (Å²) >= 11 is 1.30. The normalized spacial score (nSPS) is 10.2. The van der Waals surface area contributed by atoms with Crippen LogP contribution in [0.2, 0.25) is 0 Å². The van der Waals surface area contributed by atoms with Gasteiger partial charge in [-0.15, -0.1) is 11.3 Å². The molecule has 3 aromatic rings. The average molecular weight is 314 g/mol. The summed E-state index contributed by atoms with van der Waals surface area (Å²) in [6.07, 6.45) is 3.33. The first-order valence-corrected chi connectivity index (χ1v) is 7.28. The number of nitrogens with one attached hydrogen (secondary N) is 2. The van der Waals surface area contributed by atoms with Gasteiger partial charge in [0.1, 0.15) is 11.5 Å². The van der Waals surface area contributed by atoms with Gasteiger partial charge in [0, 0.05) is 17.3 Å². The van der Waals surface area contributed by atoms with E-state index in [0.29, 0.717) is 10.8 Å². The molecule has 5 nitrogen and oxygen atoms in total. The number of benzene rings is 1. The smallest absolute Gasteiger partial charge is 0.275 e. The first kappa shape index (κ1) is 14.2. The number of amides is 1. The SMILES string of the molecule is O=C(Nc1cccc(F)c1)c1csc(Nc2cccnc2)n1. The summed E-state index contributed by atoms with van der Waals surface area (Å²) in [5.41, 5.74) is 1.44. The zero-order valence-electron chi connectivity index (χ0n) is 11.3. The van der Waals surface area contributed by atoms with Crippen molar-refractivity contribution in [1.82, 2.24) is 9.97 Å². The third-order valence-corrected chi connectivity index (χ3v) is 3.49. The van der Waals surface area contributed by atoms with Gasteiger partial charge in [-0.05, 0) is 30.3 Å². The van der Waals surface area contributed by atoms with E-state index in [9.17, 15) is 9.18 Å². The minimum absolute atomic E-state index is 0.264. The van der Waals surface area contributed by atoms with E-state index in [2.05, 4.69) is 20.6 Å². The maximum absolute atomic E-state index is 13.1. The maximum atomic E-state index is 13.1. The molecule has 0 saturated heterocycles. The molecule has 0 radical (unpaired) electrons. The minimum Gasteiger partial charge on any atom is -0.330 e. The van der Waals surface area contributed by atoms with Crippen LogP contribution in [0.15, 0.2) is 54.2 Å². The van der Waals surface area contributed by atoms with E-state index in [1.165, 1.54) is 29.5 Å². The van der Waals surface area contributed by atoms with Crippen molar-refractivity contribution in [1.29, 1.82) is 0 Å². The lowest BCUT2D eigenvalue weighted by molar-refractivity contribution is 0.102. The number of halogens is 1. The second-order valence-electron chi connectivity index (χ2n) is 4.37. The van der Waals surface area contributed by atoms with Crippen LogP contribution in [0.3, 0.4) is 0 Å². The molecule has 3 rings (SSSR count). The highest BCUT2D eigenvalue weighted by molar-refractivity contribution is 7.14. The van der Waals surface area contributed by atoms with E-state index < -0.39 is 5.82 Å². The molecule has 0 aliphatic rings. The lowest BCUT2D eigenvalue weighted by Crippen LogP contribution is -2.12. The molecule has 0 atom stereocenters. The van der Waals surface area contributed by atoms with Crippen LogP contribution in [0.5, 0.6) is 0 Å². The molecule has 0 aliphatic heterocycles. The van der Waals surface area contributed by atoms with Gasteiger partial charge < -0.3 is 10.6 Å². The first-order chi connectivity index (χ1) is 10.7. The topological polar surface area (TPSA) is 66.9 Å². The Kier molecular flexibility index (Phi) is 4.06. The molecule has 110 valence electrons. The summed E-state index contributed by atoms with van der Waals surface area (Å²) in [4.78, 5) is 20.2. The molecular formula is C15H11FN4OS. The molecule has 2 aromatic heterocycles. The van der Waals surface area contributed by atoms with Gasteiger partial charge in [0.2, 0.25) is 0 Å². The Bertz CT molecular complexity index is 791. The number of rotatable bonds is 4. The van der Waals surface area contributed by atoms with Crippen molar-refractivity contribution in [2.75, 3.05) is 10.6 Å². The van der Waals surface area contributed by atoms with Gasteiger partial charge in [-0.1, -0.05) is 6.07 Å². The Morgan fingerprint density at radius 1 is 1.18 bits per heavy atom. The zero-order valence-corrected chi connectivity index (χ0v) is 12.1. The minimum atomic E-state index is -0.407. The summed E-state index contributed by atoms with van der Waals surface area (Å²) in [7, 11) is 0. The molecule has 0 spiro atoms. The Morgan fingerprint density at radius 3 is 2.82 bits per heavy atom. The lowest BCUT2D eigenvalue weighted by atomic mass is 10.3. The molecule has 2 N–H and O–H groups in total. The number of carbonyl (C=O) groups excluding carboxylic acids is 1. The van der Waals surface area contributed by atoms with E-state index in [1.54, 1.807) is 29.9 Å². The van der Waals surface area contributed by atoms with E-state index in [-0.39, 0.29) is 11.6 Å². The van der Waals surface area contributed by atoms with Crippen molar-refractivity contribution in [3.05, 3.63) is 65.7 Å². The van der Waals surface area contributed by atoms with Crippen molar-refractivity contribution in [3.8, 4) is 0 Å². The van der Waals surface area contributed by atoms with Crippen LogP contribution < -0.4 is 10.6 Å². The zero-order chi connectivity index (χ0) is 15.4. The van der Waals surface area contributed by atoms with Gasteiger partial charge in [-0.3, -0.25) is 9.78 Å². The average Bonchev–Trinajstić information content (AvgIpc) is 2.97. The molecule has 7 heteroatoms. The molecular weight excluding hydrogens is 303 g/mol. The first-order valence-electron chi connectivity index (χ1n) is 6.40. The Balaban J connectivity index is 1.69. The fourth-order valence-corrected chi connectivity index (χ4v) is 2.47. The van der Waals surface area contributed by atoms with Crippen LogP contribution in [-0.2, 0) is 0 Å². The summed E-state index contributed by atoms with van der Waals surface area (Å²) in [5.74, 6) is -0.795. The molecule has 1 amide bonds. The third kappa shape index (κ3) is 3.44. The largest absolute Gasteiger partial charge is 0.330 e. The van der Waals surface area contributed by atoms with Crippen LogP contribution in [0.25, 0.3) is 0 Å². The molecule has 2 heterocycles. The van der Waals surface area contributed by atoms with Gasteiger partial charge in [-0.25, -0.2) is 9.37 Å². The van der Waals surface area contributed by atoms with Crippen molar-refractivity contribution in [2.45, 2.75) is 0 Å². The fraction of sp³-hybridized carbons (Fsp3) is 0.